The van der Waals surface area contributed by atoms with E-state index in [0.29, 0.717) is 4.47 Å². The number of aromatic nitrogens is 2. The molecule has 1 aliphatic heterocycles. The van der Waals surface area contributed by atoms with Gasteiger partial charge in [0.15, 0.2) is 0 Å². The Balaban J connectivity index is 2.12. The molecule has 0 radical (unpaired) electrons. The summed E-state index contributed by atoms with van der Waals surface area (Å²) in [5, 5.41) is 0. The minimum absolute atomic E-state index is 0.144. The van der Waals surface area contributed by atoms with E-state index in [1.807, 2.05) is 0 Å². The lowest BCUT2D eigenvalue weighted by molar-refractivity contribution is -0.117. The van der Waals surface area contributed by atoms with E-state index in [4.69, 9.17) is 10.7 Å². The summed E-state index contributed by atoms with van der Waals surface area (Å²) in [6.07, 6.45) is 3.20. The Morgan fingerprint density at radius 2 is 2.06 bits per heavy atom. The lowest BCUT2D eigenvalue weighted by Gasteiger charge is -2.13. The molecular weight excluding hydrogens is 346 g/mol. The van der Waals surface area contributed by atoms with Gasteiger partial charge < -0.3 is 0 Å². The molecule has 18 heavy (non-hydrogen) atoms. The van der Waals surface area contributed by atoms with E-state index in [1.54, 1.807) is 0 Å². The second kappa shape index (κ2) is 5.10. The zero-order chi connectivity index (χ0) is 13.3. The number of halogens is 2. The van der Waals surface area contributed by atoms with Crippen molar-refractivity contribution in [3.63, 3.8) is 0 Å². The summed E-state index contributed by atoms with van der Waals surface area (Å²) >= 11 is 3.20. The first-order valence-corrected chi connectivity index (χ1v) is 8.32. The maximum atomic E-state index is 11.8. The lowest BCUT2D eigenvalue weighted by atomic mass is 10.1. The molecule has 1 saturated heterocycles. The lowest BCUT2D eigenvalue weighted by Crippen LogP contribution is -2.27. The number of hydrogen-bond acceptors (Lipinski definition) is 5. The van der Waals surface area contributed by atoms with Crippen LogP contribution in [-0.2, 0) is 13.8 Å². The van der Waals surface area contributed by atoms with Crippen LogP contribution in [0.15, 0.2) is 16.9 Å². The third kappa shape index (κ3) is 3.39. The van der Waals surface area contributed by atoms with Crippen molar-refractivity contribution in [2.24, 2.45) is 5.92 Å². The fraction of sp³-hybridized carbons (Fsp3) is 0.444. The van der Waals surface area contributed by atoms with E-state index in [2.05, 4.69) is 25.9 Å². The Bertz CT molecular complexity index is 563. The van der Waals surface area contributed by atoms with E-state index in [0.717, 1.165) is 0 Å². The van der Waals surface area contributed by atoms with Crippen LogP contribution >= 0.6 is 26.6 Å². The van der Waals surface area contributed by atoms with Gasteiger partial charge in [-0.3, -0.25) is 9.69 Å². The number of amides is 1. The predicted octanol–water partition coefficient (Wildman–Crippen LogP) is 1.16. The van der Waals surface area contributed by atoms with Crippen LogP contribution in [0.1, 0.15) is 6.42 Å². The molecule has 1 amide bonds. The smallest absolute Gasteiger partial charge is 0.232 e. The van der Waals surface area contributed by atoms with Crippen molar-refractivity contribution in [3.05, 3.63) is 16.9 Å². The molecule has 1 fully saturated rings. The third-order valence-corrected chi connectivity index (χ3v) is 4.15. The number of anilines is 1. The molecule has 0 spiro atoms. The summed E-state index contributed by atoms with van der Waals surface area (Å²) < 4.78 is 22.7. The molecule has 1 aromatic rings. The van der Waals surface area contributed by atoms with Gasteiger partial charge in [0.2, 0.25) is 20.9 Å². The molecule has 1 atom stereocenters. The average molecular weight is 355 g/mol. The zero-order valence-electron chi connectivity index (χ0n) is 9.08. The molecule has 0 aromatic carbocycles. The number of carbonyl (C=O) groups excluding carboxylic acids is 1. The van der Waals surface area contributed by atoms with Gasteiger partial charge in [-0.1, -0.05) is 0 Å². The monoisotopic (exact) mass is 353 g/mol. The summed E-state index contributed by atoms with van der Waals surface area (Å²) in [5.74, 6) is -0.444. The van der Waals surface area contributed by atoms with E-state index in [9.17, 15) is 13.2 Å². The largest absolute Gasteiger partial charge is 0.280 e. The molecular formula is C9H9BrClN3O3S. The molecule has 0 saturated carbocycles. The summed E-state index contributed by atoms with van der Waals surface area (Å²) in [6.45, 7) is 0.270. The van der Waals surface area contributed by atoms with Gasteiger partial charge in [-0.25, -0.2) is 18.4 Å². The van der Waals surface area contributed by atoms with Crippen LogP contribution in [0, 0.1) is 5.92 Å². The minimum Gasteiger partial charge on any atom is -0.280 e. The maximum absolute atomic E-state index is 11.8. The standard InChI is InChI=1S/C9H9BrClN3O3S/c10-7-2-12-9(13-3-7)14-4-6(1-8(14)15)5-18(11,16)17/h2-3,6H,1,4-5H2. The van der Waals surface area contributed by atoms with Crippen molar-refractivity contribution in [2.75, 3.05) is 17.2 Å². The van der Waals surface area contributed by atoms with E-state index in [1.165, 1.54) is 17.3 Å². The quantitative estimate of drug-likeness (QED) is 0.761. The molecule has 1 aromatic heterocycles. The highest BCUT2D eigenvalue weighted by atomic mass is 79.9. The van der Waals surface area contributed by atoms with Crippen LogP contribution in [0.5, 0.6) is 0 Å². The summed E-state index contributed by atoms with van der Waals surface area (Å²) in [4.78, 5) is 21.1. The molecule has 0 aliphatic carbocycles. The van der Waals surface area contributed by atoms with Crippen LogP contribution in [-0.4, -0.2) is 36.6 Å². The number of carbonyl (C=O) groups is 1. The third-order valence-electron chi connectivity index (χ3n) is 2.49. The van der Waals surface area contributed by atoms with Crippen molar-refractivity contribution in [2.45, 2.75) is 6.42 Å². The van der Waals surface area contributed by atoms with Gasteiger partial charge >= 0.3 is 0 Å². The van der Waals surface area contributed by atoms with Gasteiger partial charge in [0.25, 0.3) is 0 Å². The topological polar surface area (TPSA) is 80.2 Å². The molecule has 1 aliphatic rings. The first-order chi connectivity index (χ1) is 8.35. The Kier molecular flexibility index (Phi) is 3.88. The molecule has 98 valence electrons. The SMILES string of the molecule is O=C1CC(CS(=O)(=O)Cl)CN1c1ncc(Br)cn1. The van der Waals surface area contributed by atoms with E-state index >= 15 is 0 Å². The highest BCUT2D eigenvalue weighted by Crippen LogP contribution is 2.24. The van der Waals surface area contributed by atoms with Crippen molar-refractivity contribution < 1.29 is 13.2 Å². The van der Waals surface area contributed by atoms with Gasteiger partial charge in [-0.2, -0.15) is 0 Å². The first-order valence-electron chi connectivity index (χ1n) is 5.05. The second-order valence-corrected chi connectivity index (χ2v) is 7.72. The number of hydrogen-bond donors (Lipinski definition) is 0. The van der Waals surface area contributed by atoms with Gasteiger partial charge in [-0.05, 0) is 15.9 Å². The highest BCUT2D eigenvalue weighted by Gasteiger charge is 2.34. The molecule has 1 unspecified atom stereocenters. The molecule has 0 bridgehead atoms. The number of nitrogens with zero attached hydrogens (tertiary/aromatic N) is 3. The Morgan fingerprint density at radius 3 is 2.61 bits per heavy atom. The van der Waals surface area contributed by atoms with Crippen LogP contribution < -0.4 is 4.90 Å². The van der Waals surface area contributed by atoms with Crippen LogP contribution in [0.2, 0.25) is 0 Å². The highest BCUT2D eigenvalue weighted by molar-refractivity contribution is 9.10. The molecule has 2 rings (SSSR count). The minimum atomic E-state index is -3.60. The van der Waals surface area contributed by atoms with Crippen molar-refractivity contribution >= 4 is 47.5 Å². The number of rotatable bonds is 3. The maximum Gasteiger partial charge on any atom is 0.232 e. The normalized spacial score (nSPS) is 20.4. The van der Waals surface area contributed by atoms with Crippen molar-refractivity contribution in [3.8, 4) is 0 Å². The van der Waals surface area contributed by atoms with Gasteiger partial charge in [-0.15, -0.1) is 0 Å². The molecule has 2 heterocycles. The van der Waals surface area contributed by atoms with Gasteiger partial charge in [0.05, 0.1) is 10.2 Å². The van der Waals surface area contributed by atoms with Gasteiger partial charge in [0.1, 0.15) is 0 Å². The summed E-state index contributed by atoms with van der Waals surface area (Å²) in [6, 6.07) is 0. The Morgan fingerprint density at radius 1 is 1.44 bits per heavy atom. The van der Waals surface area contributed by atoms with Crippen molar-refractivity contribution in [1.82, 2.24) is 9.97 Å². The summed E-state index contributed by atoms with van der Waals surface area (Å²) in [5.41, 5.74) is 0. The first kappa shape index (κ1) is 13.7. The fourth-order valence-corrected chi connectivity index (χ4v) is 3.34. The van der Waals surface area contributed by atoms with Crippen molar-refractivity contribution in [1.29, 1.82) is 0 Å². The molecule has 0 N–H and O–H groups in total. The summed E-state index contributed by atoms with van der Waals surface area (Å²) in [7, 11) is 1.58. The van der Waals surface area contributed by atoms with E-state index in [-0.39, 0.29) is 36.5 Å². The average Bonchev–Trinajstić information content (AvgIpc) is 2.58. The second-order valence-electron chi connectivity index (χ2n) is 3.98. The Hall–Kier alpha value is -0.730. The predicted molar refractivity (Wildman–Crippen MR) is 69.8 cm³/mol. The fourth-order valence-electron chi connectivity index (χ4n) is 1.81. The van der Waals surface area contributed by atoms with Crippen LogP contribution in [0.25, 0.3) is 0 Å². The van der Waals surface area contributed by atoms with Gasteiger partial charge in [0, 0.05) is 42.0 Å². The van der Waals surface area contributed by atoms with Crippen LogP contribution in [0.4, 0.5) is 5.95 Å². The van der Waals surface area contributed by atoms with Crippen LogP contribution in [0.3, 0.4) is 0 Å². The molecule has 6 nitrogen and oxygen atoms in total. The van der Waals surface area contributed by atoms with E-state index < -0.39 is 9.05 Å². The Labute approximate surface area is 117 Å². The molecule has 9 heteroatoms. The zero-order valence-corrected chi connectivity index (χ0v) is 12.2.